The normalized spacial score (nSPS) is 23.4. The van der Waals surface area contributed by atoms with Crippen LogP contribution in [0.4, 0.5) is 0 Å². The van der Waals surface area contributed by atoms with Gasteiger partial charge in [-0.1, -0.05) is 28.1 Å². The summed E-state index contributed by atoms with van der Waals surface area (Å²) in [7, 11) is 0. The van der Waals surface area contributed by atoms with Gasteiger partial charge in [-0.25, -0.2) is 0 Å². The third kappa shape index (κ3) is 3.61. The van der Waals surface area contributed by atoms with Gasteiger partial charge in [0.2, 0.25) is 5.91 Å². The summed E-state index contributed by atoms with van der Waals surface area (Å²) in [5.74, 6) is 0.106. The summed E-state index contributed by atoms with van der Waals surface area (Å²) < 4.78 is 1.01. The van der Waals surface area contributed by atoms with Crippen LogP contribution in [0.25, 0.3) is 0 Å². The van der Waals surface area contributed by atoms with E-state index in [1.165, 1.54) is 0 Å². The zero-order valence-corrected chi connectivity index (χ0v) is 14.0. The van der Waals surface area contributed by atoms with Gasteiger partial charge >= 0.3 is 0 Å². The number of piperidine rings is 1. The van der Waals surface area contributed by atoms with Gasteiger partial charge in [-0.05, 0) is 57.9 Å². The van der Waals surface area contributed by atoms with Crippen LogP contribution in [0, 0.1) is 0 Å². The standard InChI is InChI=1S/C16H23BrN2O/c1-11-9-14(7-8-18-11)19-15(20)16(2,3)12-5-4-6-13(17)10-12/h4-6,10-11,14,18H,7-9H2,1-3H3,(H,19,20). The fourth-order valence-corrected chi connectivity index (χ4v) is 3.04. The van der Waals surface area contributed by atoms with Crippen molar-refractivity contribution in [2.45, 2.75) is 51.1 Å². The van der Waals surface area contributed by atoms with Gasteiger partial charge in [-0.3, -0.25) is 4.79 Å². The van der Waals surface area contributed by atoms with Gasteiger partial charge < -0.3 is 10.6 Å². The molecule has 4 heteroatoms. The van der Waals surface area contributed by atoms with Crippen molar-refractivity contribution >= 4 is 21.8 Å². The van der Waals surface area contributed by atoms with Crippen molar-refractivity contribution in [3.05, 3.63) is 34.3 Å². The van der Waals surface area contributed by atoms with Crippen molar-refractivity contribution in [2.75, 3.05) is 6.54 Å². The van der Waals surface area contributed by atoms with Gasteiger partial charge in [0, 0.05) is 16.6 Å². The molecule has 1 fully saturated rings. The number of hydrogen-bond donors (Lipinski definition) is 2. The molecule has 0 spiro atoms. The Morgan fingerprint density at radius 1 is 1.45 bits per heavy atom. The number of amides is 1. The molecular weight excluding hydrogens is 316 g/mol. The molecule has 1 amide bonds. The molecule has 1 aromatic carbocycles. The van der Waals surface area contributed by atoms with Gasteiger partial charge in [0.05, 0.1) is 5.41 Å². The molecule has 0 radical (unpaired) electrons. The summed E-state index contributed by atoms with van der Waals surface area (Å²) in [5.41, 5.74) is 0.518. The van der Waals surface area contributed by atoms with Gasteiger partial charge in [0.25, 0.3) is 0 Å². The average molecular weight is 339 g/mol. The highest BCUT2D eigenvalue weighted by molar-refractivity contribution is 9.10. The van der Waals surface area contributed by atoms with Crippen molar-refractivity contribution in [2.24, 2.45) is 0 Å². The van der Waals surface area contributed by atoms with E-state index < -0.39 is 5.41 Å². The molecular formula is C16H23BrN2O. The maximum absolute atomic E-state index is 12.6. The number of hydrogen-bond acceptors (Lipinski definition) is 2. The molecule has 1 heterocycles. The first kappa shape index (κ1) is 15.5. The van der Waals surface area contributed by atoms with E-state index in [1.54, 1.807) is 0 Å². The predicted octanol–water partition coefficient (Wildman–Crippen LogP) is 2.98. The lowest BCUT2D eigenvalue weighted by molar-refractivity contribution is -0.126. The van der Waals surface area contributed by atoms with Gasteiger partial charge in [-0.2, -0.15) is 0 Å². The second-order valence-corrected chi connectivity index (χ2v) is 7.10. The highest BCUT2D eigenvalue weighted by Crippen LogP contribution is 2.26. The van der Waals surface area contributed by atoms with E-state index in [-0.39, 0.29) is 11.9 Å². The maximum atomic E-state index is 12.6. The molecule has 2 rings (SSSR count). The highest BCUT2D eigenvalue weighted by Gasteiger charge is 2.32. The molecule has 1 saturated heterocycles. The van der Waals surface area contributed by atoms with E-state index in [2.05, 4.69) is 33.5 Å². The van der Waals surface area contributed by atoms with Crippen LogP contribution in [0.5, 0.6) is 0 Å². The van der Waals surface area contributed by atoms with Crippen molar-refractivity contribution in [1.82, 2.24) is 10.6 Å². The average Bonchev–Trinajstić information content (AvgIpc) is 2.38. The van der Waals surface area contributed by atoms with Gasteiger partial charge in [0.1, 0.15) is 0 Å². The van der Waals surface area contributed by atoms with Crippen molar-refractivity contribution < 1.29 is 4.79 Å². The minimum absolute atomic E-state index is 0.106. The van der Waals surface area contributed by atoms with Crippen LogP contribution >= 0.6 is 15.9 Å². The Bertz CT molecular complexity index is 487. The number of carbonyl (C=O) groups is 1. The van der Waals surface area contributed by atoms with Crippen LogP contribution in [-0.4, -0.2) is 24.5 Å². The lowest BCUT2D eigenvalue weighted by atomic mass is 9.83. The topological polar surface area (TPSA) is 41.1 Å². The van der Waals surface area contributed by atoms with E-state index >= 15 is 0 Å². The number of rotatable bonds is 3. The fraction of sp³-hybridized carbons (Fsp3) is 0.562. The van der Waals surface area contributed by atoms with E-state index in [0.29, 0.717) is 6.04 Å². The zero-order chi connectivity index (χ0) is 14.8. The molecule has 0 bridgehead atoms. The lowest BCUT2D eigenvalue weighted by Gasteiger charge is -2.32. The number of benzene rings is 1. The number of nitrogens with one attached hydrogen (secondary N) is 2. The predicted molar refractivity (Wildman–Crippen MR) is 85.8 cm³/mol. The smallest absolute Gasteiger partial charge is 0.230 e. The molecule has 110 valence electrons. The largest absolute Gasteiger partial charge is 0.353 e. The van der Waals surface area contributed by atoms with Crippen LogP contribution in [0.15, 0.2) is 28.7 Å². The third-order valence-corrected chi connectivity index (χ3v) is 4.57. The van der Waals surface area contributed by atoms with E-state index in [9.17, 15) is 4.79 Å². The van der Waals surface area contributed by atoms with E-state index in [0.717, 1.165) is 29.4 Å². The molecule has 2 N–H and O–H groups in total. The quantitative estimate of drug-likeness (QED) is 0.889. The summed E-state index contributed by atoms with van der Waals surface area (Å²) >= 11 is 3.47. The summed E-state index contributed by atoms with van der Waals surface area (Å²) in [6.07, 6.45) is 2.00. The Hall–Kier alpha value is -0.870. The molecule has 3 nitrogen and oxygen atoms in total. The van der Waals surface area contributed by atoms with Crippen molar-refractivity contribution in [3.8, 4) is 0 Å². The highest BCUT2D eigenvalue weighted by atomic mass is 79.9. The summed E-state index contributed by atoms with van der Waals surface area (Å²) in [6, 6.07) is 8.74. The molecule has 2 atom stereocenters. The van der Waals surface area contributed by atoms with Crippen molar-refractivity contribution in [1.29, 1.82) is 0 Å². The maximum Gasteiger partial charge on any atom is 0.230 e. The Labute approximate surface area is 129 Å². The molecule has 20 heavy (non-hydrogen) atoms. The van der Waals surface area contributed by atoms with Gasteiger partial charge in [0.15, 0.2) is 0 Å². The molecule has 2 unspecified atom stereocenters. The Morgan fingerprint density at radius 3 is 2.85 bits per heavy atom. The first-order valence-corrected chi connectivity index (χ1v) is 7.99. The van der Waals surface area contributed by atoms with Crippen LogP contribution in [0.1, 0.15) is 39.2 Å². The lowest BCUT2D eigenvalue weighted by Crippen LogP contribution is -2.50. The molecule has 0 aromatic heterocycles. The Balaban J connectivity index is 2.07. The molecule has 0 saturated carbocycles. The first-order chi connectivity index (χ1) is 9.39. The van der Waals surface area contributed by atoms with Crippen LogP contribution in [-0.2, 0) is 10.2 Å². The molecule has 1 aromatic rings. The van der Waals surface area contributed by atoms with Crippen LogP contribution in [0.3, 0.4) is 0 Å². The second kappa shape index (κ2) is 6.27. The molecule has 1 aliphatic rings. The minimum Gasteiger partial charge on any atom is -0.353 e. The monoisotopic (exact) mass is 338 g/mol. The summed E-state index contributed by atoms with van der Waals surface area (Å²) in [4.78, 5) is 12.6. The van der Waals surface area contributed by atoms with Crippen LogP contribution in [0.2, 0.25) is 0 Å². The molecule has 0 aliphatic carbocycles. The van der Waals surface area contributed by atoms with Gasteiger partial charge in [-0.15, -0.1) is 0 Å². The third-order valence-electron chi connectivity index (χ3n) is 4.07. The van der Waals surface area contributed by atoms with E-state index in [4.69, 9.17) is 0 Å². The Kier molecular flexibility index (Phi) is 4.86. The number of carbonyl (C=O) groups excluding carboxylic acids is 1. The summed E-state index contributed by atoms with van der Waals surface area (Å²) in [6.45, 7) is 7.10. The fourth-order valence-electron chi connectivity index (χ4n) is 2.64. The molecule has 1 aliphatic heterocycles. The first-order valence-electron chi connectivity index (χ1n) is 7.20. The van der Waals surface area contributed by atoms with Crippen molar-refractivity contribution in [3.63, 3.8) is 0 Å². The zero-order valence-electron chi connectivity index (χ0n) is 12.4. The SMILES string of the molecule is CC1CC(NC(=O)C(C)(C)c2cccc(Br)c2)CCN1. The second-order valence-electron chi connectivity index (χ2n) is 6.19. The number of halogens is 1. The summed E-state index contributed by atoms with van der Waals surface area (Å²) in [5, 5.41) is 6.62. The van der Waals surface area contributed by atoms with Crippen LogP contribution < -0.4 is 10.6 Å². The van der Waals surface area contributed by atoms with E-state index in [1.807, 2.05) is 38.1 Å². The Morgan fingerprint density at radius 2 is 2.20 bits per heavy atom. The minimum atomic E-state index is -0.516.